The molecule has 1 aromatic rings. The van der Waals surface area contributed by atoms with Crippen LogP contribution >= 0.6 is 11.6 Å². The summed E-state index contributed by atoms with van der Waals surface area (Å²) in [5.41, 5.74) is 0.688. The Labute approximate surface area is 106 Å². The number of anilines is 1. The molecule has 0 amide bonds. The summed E-state index contributed by atoms with van der Waals surface area (Å²) in [4.78, 5) is 0. The van der Waals surface area contributed by atoms with E-state index in [-0.39, 0.29) is 5.82 Å². The molecule has 94 valence electrons. The molecule has 1 saturated carbocycles. The molecule has 2 rings (SSSR count). The fourth-order valence-corrected chi connectivity index (χ4v) is 2.44. The smallest absolute Gasteiger partial charge is 0.125 e. The molecule has 1 aliphatic carbocycles. The molecular formula is C13H17ClFNO. The van der Waals surface area contributed by atoms with Crippen LogP contribution in [-0.2, 0) is 4.74 Å². The molecule has 2 nitrogen and oxygen atoms in total. The summed E-state index contributed by atoms with van der Waals surface area (Å²) in [6.45, 7) is 0. The van der Waals surface area contributed by atoms with Gasteiger partial charge in [-0.2, -0.15) is 0 Å². The fraction of sp³-hybridized carbons (Fsp3) is 0.538. The summed E-state index contributed by atoms with van der Waals surface area (Å²) in [6, 6.07) is 4.76. The lowest BCUT2D eigenvalue weighted by Gasteiger charge is -2.29. The largest absolute Gasteiger partial charge is 0.381 e. The highest BCUT2D eigenvalue weighted by molar-refractivity contribution is 6.33. The van der Waals surface area contributed by atoms with E-state index in [1.807, 2.05) is 0 Å². The van der Waals surface area contributed by atoms with E-state index >= 15 is 0 Å². The van der Waals surface area contributed by atoms with Crippen LogP contribution in [0.15, 0.2) is 18.2 Å². The third-order valence-electron chi connectivity index (χ3n) is 3.30. The van der Waals surface area contributed by atoms with Crippen LogP contribution in [0.2, 0.25) is 5.02 Å². The van der Waals surface area contributed by atoms with Gasteiger partial charge in [-0.15, -0.1) is 0 Å². The number of halogens is 2. The molecule has 1 aromatic carbocycles. The van der Waals surface area contributed by atoms with Crippen molar-refractivity contribution in [2.75, 3.05) is 12.4 Å². The van der Waals surface area contributed by atoms with E-state index in [4.69, 9.17) is 16.3 Å². The molecule has 0 radical (unpaired) electrons. The van der Waals surface area contributed by atoms with Gasteiger partial charge in [0.25, 0.3) is 0 Å². The molecule has 0 aromatic heterocycles. The SMILES string of the molecule is COC1CCC(Nc2cc(F)ccc2Cl)CC1. The Hall–Kier alpha value is -0.800. The number of nitrogens with one attached hydrogen (secondary N) is 1. The highest BCUT2D eigenvalue weighted by atomic mass is 35.5. The zero-order valence-electron chi connectivity index (χ0n) is 9.88. The van der Waals surface area contributed by atoms with Crippen LogP contribution < -0.4 is 5.32 Å². The molecule has 0 aliphatic heterocycles. The maximum Gasteiger partial charge on any atom is 0.125 e. The molecule has 0 heterocycles. The molecule has 1 fully saturated rings. The highest BCUT2D eigenvalue weighted by Gasteiger charge is 2.21. The summed E-state index contributed by atoms with van der Waals surface area (Å²) in [7, 11) is 1.75. The Kier molecular flexibility index (Phi) is 4.24. The quantitative estimate of drug-likeness (QED) is 0.888. The number of hydrogen-bond donors (Lipinski definition) is 1. The minimum Gasteiger partial charge on any atom is -0.381 e. The van der Waals surface area contributed by atoms with Crippen LogP contribution in [0.3, 0.4) is 0 Å². The van der Waals surface area contributed by atoms with Crippen molar-refractivity contribution in [3.63, 3.8) is 0 Å². The fourth-order valence-electron chi connectivity index (χ4n) is 2.27. The lowest BCUT2D eigenvalue weighted by molar-refractivity contribution is 0.0682. The minimum atomic E-state index is -0.262. The van der Waals surface area contributed by atoms with Crippen molar-refractivity contribution in [2.45, 2.75) is 37.8 Å². The molecule has 1 N–H and O–H groups in total. The van der Waals surface area contributed by atoms with Crippen LogP contribution in [0.4, 0.5) is 10.1 Å². The highest BCUT2D eigenvalue weighted by Crippen LogP contribution is 2.28. The average Bonchev–Trinajstić information content (AvgIpc) is 2.35. The van der Waals surface area contributed by atoms with Gasteiger partial charge < -0.3 is 10.1 Å². The van der Waals surface area contributed by atoms with Gasteiger partial charge in [-0.05, 0) is 43.9 Å². The normalized spacial score (nSPS) is 24.6. The summed E-state index contributed by atoms with van der Waals surface area (Å²) in [5.74, 6) is -0.262. The molecule has 17 heavy (non-hydrogen) atoms. The summed E-state index contributed by atoms with van der Waals surface area (Å²) < 4.78 is 18.4. The Balaban J connectivity index is 1.95. The monoisotopic (exact) mass is 257 g/mol. The number of rotatable bonds is 3. The van der Waals surface area contributed by atoms with Crippen molar-refractivity contribution < 1.29 is 9.13 Å². The van der Waals surface area contributed by atoms with E-state index in [1.165, 1.54) is 12.1 Å². The van der Waals surface area contributed by atoms with Crippen LogP contribution in [-0.4, -0.2) is 19.3 Å². The molecule has 1 aliphatic rings. The van der Waals surface area contributed by atoms with Gasteiger partial charge in [0.15, 0.2) is 0 Å². The Morgan fingerprint density at radius 2 is 2.00 bits per heavy atom. The molecule has 4 heteroatoms. The van der Waals surface area contributed by atoms with Crippen molar-refractivity contribution in [3.8, 4) is 0 Å². The minimum absolute atomic E-state index is 0.262. The van der Waals surface area contributed by atoms with Crippen molar-refractivity contribution in [1.29, 1.82) is 0 Å². The second-order valence-electron chi connectivity index (χ2n) is 4.48. The van der Waals surface area contributed by atoms with E-state index < -0.39 is 0 Å². The second kappa shape index (κ2) is 5.69. The van der Waals surface area contributed by atoms with E-state index in [0.29, 0.717) is 22.9 Å². The maximum atomic E-state index is 13.1. The number of ether oxygens (including phenoxy) is 1. The zero-order valence-corrected chi connectivity index (χ0v) is 10.6. The Bertz CT molecular complexity index is 378. The first-order valence-corrected chi connectivity index (χ1v) is 6.31. The Morgan fingerprint density at radius 3 is 2.65 bits per heavy atom. The van der Waals surface area contributed by atoms with Gasteiger partial charge >= 0.3 is 0 Å². The molecule has 0 bridgehead atoms. The number of hydrogen-bond acceptors (Lipinski definition) is 2. The van der Waals surface area contributed by atoms with Crippen molar-refractivity contribution in [3.05, 3.63) is 29.0 Å². The molecular weight excluding hydrogens is 241 g/mol. The van der Waals surface area contributed by atoms with Gasteiger partial charge in [-0.1, -0.05) is 11.6 Å². The average molecular weight is 258 g/mol. The van der Waals surface area contributed by atoms with E-state index in [2.05, 4.69) is 5.32 Å². The number of methoxy groups -OCH3 is 1. The zero-order chi connectivity index (χ0) is 12.3. The van der Waals surface area contributed by atoms with Crippen LogP contribution in [0.1, 0.15) is 25.7 Å². The first-order chi connectivity index (χ1) is 8.19. The van der Waals surface area contributed by atoms with Gasteiger partial charge in [0, 0.05) is 13.2 Å². The van der Waals surface area contributed by atoms with Crippen LogP contribution in [0, 0.1) is 5.82 Å². The summed E-state index contributed by atoms with van der Waals surface area (Å²) in [6.07, 6.45) is 4.52. The second-order valence-corrected chi connectivity index (χ2v) is 4.89. The third-order valence-corrected chi connectivity index (χ3v) is 3.63. The Morgan fingerprint density at radius 1 is 1.29 bits per heavy atom. The summed E-state index contributed by atoms with van der Waals surface area (Å²) in [5, 5.41) is 3.88. The first kappa shape index (κ1) is 12.7. The number of benzene rings is 1. The first-order valence-electron chi connectivity index (χ1n) is 5.93. The van der Waals surface area contributed by atoms with Gasteiger partial charge in [0.1, 0.15) is 5.82 Å². The van der Waals surface area contributed by atoms with E-state index in [0.717, 1.165) is 25.7 Å². The summed E-state index contributed by atoms with van der Waals surface area (Å²) >= 11 is 6.02. The lowest BCUT2D eigenvalue weighted by Crippen LogP contribution is -2.29. The molecule has 0 spiro atoms. The van der Waals surface area contributed by atoms with Crippen molar-refractivity contribution in [1.82, 2.24) is 0 Å². The van der Waals surface area contributed by atoms with Gasteiger partial charge in [0.05, 0.1) is 16.8 Å². The van der Waals surface area contributed by atoms with Gasteiger partial charge in [0.2, 0.25) is 0 Å². The van der Waals surface area contributed by atoms with Gasteiger partial charge in [-0.3, -0.25) is 0 Å². The van der Waals surface area contributed by atoms with E-state index in [9.17, 15) is 4.39 Å². The lowest BCUT2D eigenvalue weighted by atomic mass is 9.93. The topological polar surface area (TPSA) is 21.3 Å². The van der Waals surface area contributed by atoms with Gasteiger partial charge in [-0.25, -0.2) is 4.39 Å². The standard InChI is InChI=1S/C13H17ClFNO/c1-17-11-5-3-10(4-6-11)16-13-8-9(15)2-7-12(13)14/h2,7-8,10-11,16H,3-6H2,1H3. The predicted molar refractivity (Wildman–Crippen MR) is 68.1 cm³/mol. The predicted octanol–water partition coefficient (Wildman–Crippen LogP) is 3.85. The molecule has 0 unspecified atom stereocenters. The van der Waals surface area contributed by atoms with Crippen LogP contribution in [0.25, 0.3) is 0 Å². The maximum absolute atomic E-state index is 13.1. The van der Waals surface area contributed by atoms with Crippen molar-refractivity contribution >= 4 is 17.3 Å². The molecule has 0 atom stereocenters. The van der Waals surface area contributed by atoms with Crippen molar-refractivity contribution in [2.24, 2.45) is 0 Å². The van der Waals surface area contributed by atoms with E-state index in [1.54, 1.807) is 13.2 Å². The van der Waals surface area contributed by atoms with Crippen LogP contribution in [0.5, 0.6) is 0 Å². The molecule has 0 saturated heterocycles. The third kappa shape index (κ3) is 3.33.